The van der Waals surface area contributed by atoms with Crippen molar-refractivity contribution in [3.05, 3.63) is 45.8 Å². The lowest BCUT2D eigenvalue weighted by atomic mass is 9.86. The first kappa shape index (κ1) is 24.7. The first-order valence-corrected chi connectivity index (χ1v) is 12.1. The predicted molar refractivity (Wildman–Crippen MR) is 125 cm³/mol. The van der Waals surface area contributed by atoms with Crippen LogP contribution in [0.2, 0.25) is 0 Å². The quantitative estimate of drug-likeness (QED) is 0.286. The summed E-state index contributed by atoms with van der Waals surface area (Å²) in [6.45, 7) is 6.02. The molecule has 1 saturated carbocycles. The number of amides is 2. The van der Waals surface area contributed by atoms with Crippen LogP contribution in [-0.4, -0.2) is 43.7 Å². The van der Waals surface area contributed by atoms with E-state index in [-0.39, 0.29) is 34.9 Å². The minimum atomic E-state index is -0.540. The Morgan fingerprint density at radius 1 is 1.30 bits per heavy atom. The molecule has 3 rings (SSSR count). The molecule has 10 nitrogen and oxygen atoms in total. The lowest BCUT2D eigenvalue weighted by Crippen LogP contribution is -2.41. The molecular formula is C22H30N6O4S. The molecule has 0 unspecified atom stereocenters. The summed E-state index contributed by atoms with van der Waals surface area (Å²) in [5.41, 5.74) is 0.0422. The summed E-state index contributed by atoms with van der Waals surface area (Å²) in [5, 5.41) is 24.4. The van der Waals surface area contributed by atoms with Crippen LogP contribution in [0.25, 0.3) is 0 Å². The van der Waals surface area contributed by atoms with Crippen molar-refractivity contribution in [2.45, 2.75) is 63.7 Å². The highest BCUT2D eigenvalue weighted by Gasteiger charge is 2.25. The number of thioether (sulfide) groups is 1. The fourth-order valence-corrected chi connectivity index (χ4v) is 4.52. The van der Waals surface area contributed by atoms with E-state index in [1.54, 1.807) is 0 Å². The van der Waals surface area contributed by atoms with Crippen molar-refractivity contribution < 1.29 is 14.5 Å². The van der Waals surface area contributed by atoms with Gasteiger partial charge in [-0.1, -0.05) is 51.4 Å². The maximum Gasteiger partial charge on any atom is 0.270 e. The van der Waals surface area contributed by atoms with Crippen LogP contribution in [0.5, 0.6) is 0 Å². The van der Waals surface area contributed by atoms with E-state index in [4.69, 9.17) is 0 Å². The van der Waals surface area contributed by atoms with Gasteiger partial charge in [-0.25, -0.2) is 4.98 Å². The molecule has 2 amide bonds. The van der Waals surface area contributed by atoms with E-state index < -0.39 is 16.9 Å². The highest BCUT2D eigenvalue weighted by molar-refractivity contribution is 7.99. The molecule has 11 heteroatoms. The zero-order chi connectivity index (χ0) is 24.0. The van der Waals surface area contributed by atoms with Gasteiger partial charge in [-0.2, -0.15) is 0 Å². The molecule has 1 aliphatic carbocycles. The lowest BCUT2D eigenvalue weighted by Gasteiger charge is -2.29. The summed E-state index contributed by atoms with van der Waals surface area (Å²) >= 11 is 1.24. The van der Waals surface area contributed by atoms with Gasteiger partial charge >= 0.3 is 0 Å². The van der Waals surface area contributed by atoms with Gasteiger partial charge < -0.3 is 10.6 Å². The molecule has 33 heavy (non-hydrogen) atoms. The minimum Gasteiger partial charge on any atom is -0.352 e. The molecule has 1 heterocycles. The molecule has 3 atom stereocenters. The van der Waals surface area contributed by atoms with Crippen LogP contribution in [0.4, 0.5) is 5.69 Å². The Hall–Kier alpha value is -2.95. The molecule has 0 bridgehead atoms. The molecular weight excluding hydrogens is 444 g/mol. The van der Waals surface area contributed by atoms with Crippen molar-refractivity contribution in [2.24, 2.45) is 11.8 Å². The SMILES string of the molecule is CC(C)[C@H](NC(=O)c1cccc([N+](=O)[O-])c1)c1nc(SCC(=O)N[C@@H]2CCCC[C@H]2C)n[nH]1. The highest BCUT2D eigenvalue weighted by Crippen LogP contribution is 2.25. The van der Waals surface area contributed by atoms with E-state index in [1.165, 1.54) is 42.4 Å². The number of aromatic amines is 1. The first-order valence-electron chi connectivity index (χ1n) is 11.1. The second-order valence-electron chi connectivity index (χ2n) is 8.73. The van der Waals surface area contributed by atoms with Crippen LogP contribution in [0.1, 0.15) is 68.7 Å². The van der Waals surface area contributed by atoms with Gasteiger partial charge in [0.15, 0.2) is 0 Å². The molecule has 1 aromatic carbocycles. The van der Waals surface area contributed by atoms with Crippen LogP contribution >= 0.6 is 11.8 Å². The van der Waals surface area contributed by atoms with Crippen LogP contribution in [0.15, 0.2) is 29.4 Å². The smallest absolute Gasteiger partial charge is 0.270 e. The second kappa shape index (κ2) is 11.3. The van der Waals surface area contributed by atoms with Crippen LogP contribution in [0.3, 0.4) is 0 Å². The average molecular weight is 475 g/mol. The lowest BCUT2D eigenvalue weighted by molar-refractivity contribution is -0.384. The van der Waals surface area contributed by atoms with Crippen molar-refractivity contribution in [1.29, 1.82) is 0 Å². The van der Waals surface area contributed by atoms with E-state index in [0.29, 0.717) is 16.9 Å². The van der Waals surface area contributed by atoms with Crippen molar-refractivity contribution >= 4 is 29.3 Å². The zero-order valence-corrected chi connectivity index (χ0v) is 19.9. The van der Waals surface area contributed by atoms with Crippen molar-refractivity contribution in [2.75, 3.05) is 5.75 Å². The number of hydrogen-bond donors (Lipinski definition) is 3. The first-order chi connectivity index (χ1) is 15.7. The summed E-state index contributed by atoms with van der Waals surface area (Å²) in [5.74, 6) is 0.673. The third-order valence-electron chi connectivity index (χ3n) is 5.84. The van der Waals surface area contributed by atoms with Gasteiger partial charge in [0.2, 0.25) is 11.1 Å². The number of carbonyl (C=O) groups is 2. The van der Waals surface area contributed by atoms with Crippen molar-refractivity contribution in [3.8, 4) is 0 Å². The number of nitrogens with one attached hydrogen (secondary N) is 3. The summed E-state index contributed by atoms with van der Waals surface area (Å²) in [7, 11) is 0. The molecule has 0 aliphatic heterocycles. The Morgan fingerprint density at radius 2 is 2.06 bits per heavy atom. The number of nitro benzene ring substituents is 1. The van der Waals surface area contributed by atoms with Crippen LogP contribution in [-0.2, 0) is 4.79 Å². The average Bonchev–Trinajstić information content (AvgIpc) is 3.26. The number of benzene rings is 1. The zero-order valence-electron chi connectivity index (χ0n) is 19.0. The largest absolute Gasteiger partial charge is 0.352 e. The Morgan fingerprint density at radius 3 is 2.76 bits per heavy atom. The molecule has 1 aromatic heterocycles. The number of non-ortho nitro benzene ring substituents is 1. The Labute approximate surface area is 196 Å². The monoisotopic (exact) mass is 474 g/mol. The summed E-state index contributed by atoms with van der Waals surface area (Å²) in [4.78, 5) is 39.9. The number of carbonyl (C=O) groups excluding carboxylic acids is 2. The topological polar surface area (TPSA) is 143 Å². The van der Waals surface area contributed by atoms with E-state index in [0.717, 1.165) is 19.3 Å². The number of rotatable bonds is 9. The van der Waals surface area contributed by atoms with Gasteiger partial charge in [0.25, 0.3) is 11.6 Å². The van der Waals surface area contributed by atoms with E-state index in [1.807, 2.05) is 13.8 Å². The fourth-order valence-electron chi connectivity index (χ4n) is 3.91. The van der Waals surface area contributed by atoms with Crippen LogP contribution in [0, 0.1) is 22.0 Å². The molecule has 1 fully saturated rings. The van der Waals surface area contributed by atoms with Crippen LogP contribution < -0.4 is 10.6 Å². The second-order valence-corrected chi connectivity index (χ2v) is 9.67. The maximum atomic E-state index is 12.7. The van der Waals surface area contributed by atoms with E-state index >= 15 is 0 Å². The van der Waals surface area contributed by atoms with Gasteiger partial charge in [0, 0.05) is 23.7 Å². The Kier molecular flexibility index (Phi) is 8.43. The number of aromatic nitrogens is 3. The van der Waals surface area contributed by atoms with Crippen molar-refractivity contribution in [3.63, 3.8) is 0 Å². The molecule has 2 aromatic rings. The molecule has 0 spiro atoms. The van der Waals surface area contributed by atoms with Gasteiger partial charge in [-0.3, -0.25) is 24.8 Å². The molecule has 3 N–H and O–H groups in total. The predicted octanol–water partition coefficient (Wildman–Crippen LogP) is 3.63. The minimum absolute atomic E-state index is 0.0189. The maximum absolute atomic E-state index is 12.7. The van der Waals surface area contributed by atoms with Gasteiger partial charge in [0.1, 0.15) is 5.82 Å². The third kappa shape index (κ3) is 6.77. The summed E-state index contributed by atoms with van der Waals surface area (Å²) in [6.07, 6.45) is 4.52. The van der Waals surface area contributed by atoms with Gasteiger partial charge in [-0.15, -0.1) is 5.10 Å². The normalized spacial score (nSPS) is 19.2. The number of H-pyrrole nitrogens is 1. The standard InChI is InChI=1S/C22H30N6O4S/c1-13(2)19(24-21(30)15-8-6-9-16(11-15)28(31)32)20-25-22(27-26-20)33-12-18(29)23-17-10-5-4-7-14(17)3/h6,8-9,11,13-14,17,19H,4-5,7,10,12H2,1-3H3,(H,23,29)(H,24,30)(H,25,26,27)/t14-,17-,19+/m1/s1. The molecule has 0 radical (unpaired) electrons. The van der Waals surface area contributed by atoms with E-state index in [2.05, 4.69) is 32.7 Å². The molecule has 1 aliphatic rings. The summed E-state index contributed by atoms with van der Waals surface area (Å²) < 4.78 is 0. The Bertz CT molecular complexity index is 995. The molecule has 178 valence electrons. The number of nitrogens with zero attached hydrogens (tertiary/aromatic N) is 3. The van der Waals surface area contributed by atoms with Gasteiger partial charge in [0.05, 0.1) is 16.7 Å². The Balaban J connectivity index is 1.59. The summed E-state index contributed by atoms with van der Waals surface area (Å²) in [6, 6.07) is 5.31. The van der Waals surface area contributed by atoms with Gasteiger partial charge in [-0.05, 0) is 30.7 Å². The number of hydrogen-bond acceptors (Lipinski definition) is 7. The van der Waals surface area contributed by atoms with Crippen molar-refractivity contribution in [1.82, 2.24) is 25.8 Å². The number of nitro groups is 1. The highest BCUT2D eigenvalue weighted by atomic mass is 32.2. The third-order valence-corrected chi connectivity index (χ3v) is 6.69. The molecule has 0 saturated heterocycles. The van der Waals surface area contributed by atoms with E-state index in [9.17, 15) is 19.7 Å². The fraction of sp³-hybridized carbons (Fsp3) is 0.545.